The molecule has 0 rings (SSSR count). The molecule has 1 amide bonds. The van der Waals surface area contributed by atoms with Crippen molar-refractivity contribution in [1.29, 1.82) is 0 Å². The molecule has 0 aromatic rings. The van der Waals surface area contributed by atoms with Crippen LogP contribution in [0.1, 0.15) is 316 Å². The Kier molecular flexibility index (Phi) is 58.7. The SMILES string of the molecule is CC/C=C\C/C=C\C/C=C\C/C=C\C/C=C\CCCCCCCCCC(=O)OC(/C=C/CCCCCCCCCCC)C(COP(=O)(O)OCC[N+](C)(C)C)NC(=O)CCCCCCCCCCCCCCCCCCCCCCC. The number of nitrogens with zero attached hydrogens (tertiary/aromatic N) is 1. The number of nitrogens with one attached hydrogen (secondary N) is 1. The van der Waals surface area contributed by atoms with Crippen LogP contribution in [-0.4, -0.2) is 74.3 Å². The molecule has 81 heavy (non-hydrogen) atoms. The first-order valence-electron chi connectivity index (χ1n) is 34.3. The van der Waals surface area contributed by atoms with E-state index in [0.717, 1.165) is 103 Å². The zero-order chi connectivity index (χ0) is 59.3. The topological polar surface area (TPSA) is 111 Å². The Labute approximate surface area is 502 Å². The summed E-state index contributed by atoms with van der Waals surface area (Å²) in [7, 11) is 1.49. The van der Waals surface area contributed by atoms with Gasteiger partial charge in [-0.15, -0.1) is 0 Å². The molecule has 0 aromatic carbocycles. The molecule has 0 aliphatic heterocycles. The van der Waals surface area contributed by atoms with E-state index in [1.54, 1.807) is 0 Å². The predicted molar refractivity (Wildman–Crippen MR) is 351 cm³/mol. The number of ether oxygens (including phenoxy) is 1. The highest BCUT2D eigenvalue weighted by Gasteiger charge is 2.30. The fourth-order valence-electron chi connectivity index (χ4n) is 9.91. The normalized spacial score (nSPS) is 14.0. The zero-order valence-electron chi connectivity index (χ0n) is 54.0. The summed E-state index contributed by atoms with van der Waals surface area (Å²) in [5.41, 5.74) is 0. The van der Waals surface area contributed by atoms with Gasteiger partial charge in [0.05, 0.1) is 33.8 Å². The number of phosphoric ester groups is 1. The van der Waals surface area contributed by atoms with Crippen molar-refractivity contribution in [1.82, 2.24) is 5.32 Å². The van der Waals surface area contributed by atoms with Gasteiger partial charge in [0.25, 0.3) is 0 Å². The van der Waals surface area contributed by atoms with Crippen molar-refractivity contribution in [2.45, 2.75) is 328 Å². The Morgan fingerprint density at radius 3 is 1.19 bits per heavy atom. The average molecular weight is 1160 g/mol. The molecule has 472 valence electrons. The van der Waals surface area contributed by atoms with Crippen molar-refractivity contribution in [3.8, 4) is 0 Å². The second-order valence-electron chi connectivity index (χ2n) is 24.3. The van der Waals surface area contributed by atoms with Crippen molar-refractivity contribution in [2.24, 2.45) is 0 Å². The Balaban J connectivity index is 5.10. The van der Waals surface area contributed by atoms with Crippen LogP contribution in [0.25, 0.3) is 0 Å². The van der Waals surface area contributed by atoms with E-state index in [1.165, 1.54) is 180 Å². The number of esters is 1. The molecule has 0 radical (unpaired) electrons. The molecule has 10 heteroatoms. The molecule has 0 aromatic heterocycles. The second kappa shape index (κ2) is 60.6. The molecule has 3 unspecified atom stereocenters. The highest BCUT2D eigenvalue weighted by molar-refractivity contribution is 7.47. The average Bonchev–Trinajstić information content (AvgIpc) is 3.44. The van der Waals surface area contributed by atoms with E-state index in [9.17, 15) is 19.0 Å². The van der Waals surface area contributed by atoms with Crippen LogP contribution in [0.3, 0.4) is 0 Å². The van der Waals surface area contributed by atoms with Gasteiger partial charge in [-0.1, -0.05) is 299 Å². The summed E-state index contributed by atoms with van der Waals surface area (Å²) in [6.07, 6.45) is 79.1. The van der Waals surface area contributed by atoms with Crippen LogP contribution in [0.15, 0.2) is 72.9 Å². The van der Waals surface area contributed by atoms with E-state index in [0.29, 0.717) is 17.4 Å². The number of carbonyl (C=O) groups is 2. The van der Waals surface area contributed by atoms with Crippen LogP contribution in [-0.2, 0) is 27.9 Å². The number of amides is 1. The van der Waals surface area contributed by atoms with Crippen LogP contribution < -0.4 is 5.32 Å². The van der Waals surface area contributed by atoms with Crippen LogP contribution in [0, 0.1) is 0 Å². The Morgan fingerprint density at radius 1 is 0.444 bits per heavy atom. The Bertz CT molecular complexity index is 1620. The minimum absolute atomic E-state index is 0.0376. The van der Waals surface area contributed by atoms with E-state index in [-0.39, 0.29) is 31.5 Å². The third kappa shape index (κ3) is 61.8. The van der Waals surface area contributed by atoms with E-state index in [4.69, 9.17) is 13.8 Å². The fourth-order valence-corrected chi connectivity index (χ4v) is 10.6. The molecule has 0 spiro atoms. The molecule has 0 aliphatic carbocycles. The number of allylic oxidation sites excluding steroid dienone is 11. The molecule has 0 saturated heterocycles. The van der Waals surface area contributed by atoms with Gasteiger partial charge in [0, 0.05) is 12.8 Å². The number of likely N-dealkylation sites (N-methyl/N-ethyl adjacent to an activating group) is 1. The molecule has 9 nitrogen and oxygen atoms in total. The maximum absolute atomic E-state index is 13.6. The van der Waals surface area contributed by atoms with Crippen molar-refractivity contribution in [3.05, 3.63) is 72.9 Å². The number of carbonyl (C=O) groups excluding carboxylic acids is 2. The molecule has 2 N–H and O–H groups in total. The lowest BCUT2D eigenvalue weighted by Crippen LogP contribution is -2.47. The zero-order valence-corrected chi connectivity index (χ0v) is 54.9. The number of unbranched alkanes of at least 4 members (excludes halogenated alkanes) is 36. The number of phosphoric acid groups is 1. The van der Waals surface area contributed by atoms with E-state index >= 15 is 0 Å². The highest BCUT2D eigenvalue weighted by Crippen LogP contribution is 2.43. The van der Waals surface area contributed by atoms with E-state index < -0.39 is 20.0 Å². The number of hydrogen-bond acceptors (Lipinski definition) is 6. The van der Waals surface area contributed by atoms with Crippen LogP contribution in [0.2, 0.25) is 0 Å². The van der Waals surface area contributed by atoms with Crippen LogP contribution >= 0.6 is 7.82 Å². The minimum atomic E-state index is -4.45. The summed E-state index contributed by atoms with van der Waals surface area (Å²) in [5.74, 6) is -0.508. The molecular formula is C71H132N2O7P+. The van der Waals surface area contributed by atoms with Gasteiger partial charge in [-0.25, -0.2) is 4.57 Å². The Morgan fingerprint density at radius 2 is 0.790 bits per heavy atom. The first-order valence-corrected chi connectivity index (χ1v) is 35.8. The first-order chi connectivity index (χ1) is 39.4. The van der Waals surface area contributed by atoms with Crippen molar-refractivity contribution in [2.75, 3.05) is 40.9 Å². The third-order valence-corrected chi connectivity index (χ3v) is 16.1. The number of rotatable bonds is 62. The molecule has 0 saturated carbocycles. The van der Waals surface area contributed by atoms with Crippen molar-refractivity contribution < 1.29 is 37.3 Å². The summed E-state index contributed by atoms with van der Waals surface area (Å²) in [4.78, 5) is 37.8. The van der Waals surface area contributed by atoms with Gasteiger partial charge in [0.15, 0.2) is 0 Å². The molecule has 0 heterocycles. The van der Waals surface area contributed by atoms with E-state index in [1.807, 2.05) is 33.3 Å². The van der Waals surface area contributed by atoms with Gasteiger partial charge in [-0.05, 0) is 76.7 Å². The van der Waals surface area contributed by atoms with Crippen molar-refractivity contribution in [3.63, 3.8) is 0 Å². The quantitative estimate of drug-likeness (QED) is 0.0205. The smallest absolute Gasteiger partial charge is 0.456 e. The summed E-state index contributed by atoms with van der Waals surface area (Å²) in [5, 5.41) is 3.07. The number of hydrogen-bond donors (Lipinski definition) is 2. The minimum Gasteiger partial charge on any atom is -0.456 e. The Hall–Kier alpha value is -2.55. The summed E-state index contributed by atoms with van der Waals surface area (Å²) < 4.78 is 30.8. The van der Waals surface area contributed by atoms with Crippen LogP contribution in [0.5, 0.6) is 0 Å². The summed E-state index contributed by atoms with van der Waals surface area (Å²) >= 11 is 0. The van der Waals surface area contributed by atoms with Gasteiger partial charge < -0.3 is 19.4 Å². The van der Waals surface area contributed by atoms with Gasteiger partial charge in [-0.2, -0.15) is 0 Å². The van der Waals surface area contributed by atoms with Crippen molar-refractivity contribution >= 4 is 19.7 Å². The molecule has 0 bridgehead atoms. The van der Waals surface area contributed by atoms with Gasteiger partial charge in [0.2, 0.25) is 5.91 Å². The fraction of sp³-hybridized carbons (Fsp3) is 0.803. The number of quaternary nitrogens is 1. The van der Waals surface area contributed by atoms with E-state index in [2.05, 4.69) is 86.8 Å². The molecule has 0 fully saturated rings. The lowest BCUT2D eigenvalue weighted by atomic mass is 10.0. The maximum Gasteiger partial charge on any atom is 0.472 e. The largest absolute Gasteiger partial charge is 0.472 e. The lowest BCUT2D eigenvalue weighted by molar-refractivity contribution is -0.870. The molecular weight excluding hydrogens is 1020 g/mol. The second-order valence-corrected chi connectivity index (χ2v) is 25.8. The van der Waals surface area contributed by atoms with Gasteiger partial charge in [-0.3, -0.25) is 18.6 Å². The maximum atomic E-state index is 13.6. The van der Waals surface area contributed by atoms with Gasteiger partial charge in [0.1, 0.15) is 19.3 Å². The predicted octanol–water partition coefficient (Wildman–Crippen LogP) is 21.6. The first kappa shape index (κ1) is 78.5. The third-order valence-electron chi connectivity index (χ3n) is 15.2. The van der Waals surface area contributed by atoms with Crippen LogP contribution in [0.4, 0.5) is 0 Å². The monoisotopic (exact) mass is 1160 g/mol. The molecule has 0 aliphatic rings. The standard InChI is InChI=1S/C71H131N2O7P/c1-7-10-13-16-19-22-25-27-29-31-33-35-36-38-40-42-44-46-49-52-55-58-61-64-71(75)80-69(62-59-56-53-50-47-24-21-18-15-12-9-3)68(67-79-81(76,77)78-66-65-73(4,5)6)72-70(74)63-60-57-54-51-48-45-43-41-39-37-34-32-30-28-26-23-20-17-14-11-8-2/h10,13,19,22,27,29,33,35,38,40,59,62,68-69H,7-9,11-12,14-18,20-21,23-26,28,30-32,34,36-37,39,41-58,60-61,63-67H2,1-6H3,(H-,72,74,76,77)/p+1/b13-10-,22-19-,29-27-,35-33-,40-38-,62-59+. The lowest BCUT2D eigenvalue weighted by Gasteiger charge is -2.27. The highest BCUT2D eigenvalue weighted by atomic mass is 31.2. The summed E-state index contributed by atoms with van der Waals surface area (Å²) in [6.45, 7) is 6.92. The van der Waals surface area contributed by atoms with Gasteiger partial charge >= 0.3 is 13.8 Å². The summed E-state index contributed by atoms with van der Waals surface area (Å²) in [6, 6.07) is -0.854. The molecule has 3 atom stereocenters.